The van der Waals surface area contributed by atoms with Gasteiger partial charge in [0.05, 0.1) is 5.92 Å². The Balaban J connectivity index is 2.47. The van der Waals surface area contributed by atoms with Gasteiger partial charge in [0.15, 0.2) is 0 Å². The minimum atomic E-state index is -0.693. The summed E-state index contributed by atoms with van der Waals surface area (Å²) in [6.07, 6.45) is 5.07. The van der Waals surface area contributed by atoms with Crippen LogP contribution in [0.4, 0.5) is 0 Å². The molecule has 1 aromatic carbocycles. The molecule has 0 unspecified atom stereocenters. The lowest BCUT2D eigenvalue weighted by atomic mass is 9.62. The van der Waals surface area contributed by atoms with Crippen molar-refractivity contribution >= 4 is 5.97 Å². The molecule has 0 heterocycles. The summed E-state index contributed by atoms with van der Waals surface area (Å²) in [7, 11) is 0. The Labute approximate surface area is 134 Å². The Bertz CT molecular complexity index is 555. The fraction of sp³-hybridized carbons (Fsp3) is 0.650. The Hall–Kier alpha value is -1.31. The SMILES string of the molecule is CCCC[C@H](C(=O)O)c1ccc2c(c1)C(C)(C)CCC2(C)C. The van der Waals surface area contributed by atoms with Gasteiger partial charge in [-0.2, -0.15) is 0 Å². The van der Waals surface area contributed by atoms with Gasteiger partial charge < -0.3 is 5.11 Å². The van der Waals surface area contributed by atoms with Gasteiger partial charge in [-0.1, -0.05) is 65.7 Å². The van der Waals surface area contributed by atoms with Crippen LogP contribution < -0.4 is 0 Å². The third-order valence-corrected chi connectivity index (χ3v) is 5.42. The molecule has 0 radical (unpaired) electrons. The van der Waals surface area contributed by atoms with E-state index in [0.29, 0.717) is 0 Å². The summed E-state index contributed by atoms with van der Waals surface area (Å²) >= 11 is 0. The number of carboxylic acids is 1. The zero-order valence-corrected chi connectivity index (χ0v) is 14.7. The third kappa shape index (κ3) is 3.21. The van der Waals surface area contributed by atoms with E-state index in [4.69, 9.17) is 0 Å². The van der Waals surface area contributed by atoms with E-state index in [2.05, 4.69) is 52.8 Å². The number of fused-ring (bicyclic) bond motifs is 1. The number of benzene rings is 1. The summed E-state index contributed by atoms with van der Waals surface area (Å²) in [5, 5.41) is 9.59. The van der Waals surface area contributed by atoms with Crippen LogP contribution in [0.1, 0.15) is 89.3 Å². The highest BCUT2D eigenvalue weighted by Gasteiger charge is 2.37. The van der Waals surface area contributed by atoms with Crippen LogP contribution in [0.2, 0.25) is 0 Å². The third-order valence-electron chi connectivity index (χ3n) is 5.42. The minimum absolute atomic E-state index is 0.134. The summed E-state index contributed by atoms with van der Waals surface area (Å²) in [5.41, 5.74) is 4.04. The normalized spacial score (nSPS) is 20.2. The van der Waals surface area contributed by atoms with E-state index < -0.39 is 5.97 Å². The van der Waals surface area contributed by atoms with Gasteiger partial charge in [-0.25, -0.2) is 0 Å². The summed E-state index contributed by atoms with van der Waals surface area (Å²) in [4.78, 5) is 11.7. The lowest BCUT2D eigenvalue weighted by molar-refractivity contribution is -0.139. The lowest BCUT2D eigenvalue weighted by Gasteiger charge is -2.42. The molecule has 0 aliphatic heterocycles. The van der Waals surface area contributed by atoms with Crippen LogP contribution in [0, 0.1) is 0 Å². The molecule has 0 spiro atoms. The first-order valence-electron chi connectivity index (χ1n) is 8.57. The van der Waals surface area contributed by atoms with E-state index in [9.17, 15) is 9.90 Å². The average Bonchev–Trinajstić information content (AvgIpc) is 2.44. The highest BCUT2D eigenvalue weighted by atomic mass is 16.4. The molecule has 0 amide bonds. The number of aliphatic carboxylic acids is 1. The van der Waals surface area contributed by atoms with Crippen molar-refractivity contribution in [1.29, 1.82) is 0 Å². The van der Waals surface area contributed by atoms with Gasteiger partial charge in [-0.05, 0) is 46.8 Å². The van der Waals surface area contributed by atoms with Crippen LogP contribution in [-0.4, -0.2) is 11.1 Å². The minimum Gasteiger partial charge on any atom is -0.481 e. The molecule has 0 saturated heterocycles. The quantitative estimate of drug-likeness (QED) is 0.791. The first-order chi connectivity index (χ1) is 10.2. The zero-order chi connectivity index (χ0) is 16.5. The highest BCUT2D eigenvalue weighted by molar-refractivity contribution is 5.76. The second kappa shape index (κ2) is 6.06. The fourth-order valence-corrected chi connectivity index (χ4v) is 3.66. The van der Waals surface area contributed by atoms with Crippen molar-refractivity contribution in [2.24, 2.45) is 0 Å². The van der Waals surface area contributed by atoms with E-state index in [1.165, 1.54) is 17.5 Å². The molecule has 1 aromatic rings. The standard InChI is InChI=1S/C20H30O2/c1-6-7-8-15(18(21)22)14-9-10-16-17(13-14)20(4,5)12-11-19(16,2)3/h9-10,13,15H,6-8,11-12H2,1-5H3,(H,21,22)/t15-/m0/s1. The monoisotopic (exact) mass is 302 g/mol. The summed E-state index contributed by atoms with van der Waals surface area (Å²) < 4.78 is 0. The average molecular weight is 302 g/mol. The Morgan fingerprint density at radius 1 is 1.14 bits per heavy atom. The number of rotatable bonds is 5. The smallest absolute Gasteiger partial charge is 0.310 e. The predicted molar refractivity (Wildman–Crippen MR) is 91.6 cm³/mol. The van der Waals surface area contributed by atoms with Crippen LogP contribution in [0.25, 0.3) is 0 Å². The van der Waals surface area contributed by atoms with Crippen molar-refractivity contribution in [3.05, 3.63) is 34.9 Å². The molecule has 1 aliphatic rings. The van der Waals surface area contributed by atoms with Gasteiger partial charge >= 0.3 is 5.97 Å². The van der Waals surface area contributed by atoms with Gasteiger partial charge in [0.25, 0.3) is 0 Å². The maximum atomic E-state index is 11.7. The number of unbranched alkanes of at least 4 members (excludes halogenated alkanes) is 1. The molecular formula is C20H30O2. The largest absolute Gasteiger partial charge is 0.481 e. The van der Waals surface area contributed by atoms with Crippen LogP contribution >= 0.6 is 0 Å². The van der Waals surface area contributed by atoms with Crippen molar-refractivity contribution in [3.63, 3.8) is 0 Å². The van der Waals surface area contributed by atoms with E-state index in [1.807, 2.05) is 0 Å². The molecule has 2 nitrogen and oxygen atoms in total. The molecule has 2 heteroatoms. The Morgan fingerprint density at radius 3 is 2.27 bits per heavy atom. The van der Waals surface area contributed by atoms with Crippen LogP contribution in [0.15, 0.2) is 18.2 Å². The number of carboxylic acid groups (broad SMARTS) is 1. The molecular weight excluding hydrogens is 272 g/mol. The molecule has 1 aliphatic carbocycles. The van der Waals surface area contributed by atoms with Gasteiger partial charge in [-0.3, -0.25) is 4.79 Å². The topological polar surface area (TPSA) is 37.3 Å². The lowest BCUT2D eigenvalue weighted by Crippen LogP contribution is -2.34. The highest BCUT2D eigenvalue weighted by Crippen LogP contribution is 2.46. The summed E-state index contributed by atoms with van der Waals surface area (Å²) in [6.45, 7) is 11.3. The van der Waals surface area contributed by atoms with E-state index in [-0.39, 0.29) is 16.7 Å². The first-order valence-corrected chi connectivity index (χ1v) is 8.57. The molecule has 0 aromatic heterocycles. The van der Waals surface area contributed by atoms with Crippen LogP contribution in [-0.2, 0) is 15.6 Å². The molecule has 2 rings (SSSR count). The van der Waals surface area contributed by atoms with Gasteiger partial charge in [0, 0.05) is 0 Å². The number of hydrogen-bond donors (Lipinski definition) is 1. The van der Waals surface area contributed by atoms with E-state index in [1.54, 1.807) is 0 Å². The zero-order valence-electron chi connectivity index (χ0n) is 14.7. The van der Waals surface area contributed by atoms with Crippen molar-refractivity contribution in [1.82, 2.24) is 0 Å². The second-order valence-electron chi connectivity index (χ2n) is 8.11. The van der Waals surface area contributed by atoms with E-state index >= 15 is 0 Å². The summed E-state index contributed by atoms with van der Waals surface area (Å²) in [6, 6.07) is 6.43. The predicted octanol–water partition coefficient (Wildman–Crippen LogP) is 5.39. The Morgan fingerprint density at radius 2 is 1.73 bits per heavy atom. The van der Waals surface area contributed by atoms with Gasteiger partial charge in [-0.15, -0.1) is 0 Å². The van der Waals surface area contributed by atoms with Gasteiger partial charge in [0.2, 0.25) is 0 Å². The molecule has 0 saturated carbocycles. The number of hydrogen-bond acceptors (Lipinski definition) is 1. The Kier molecular flexibility index (Phi) is 4.70. The molecule has 22 heavy (non-hydrogen) atoms. The van der Waals surface area contributed by atoms with Crippen molar-refractivity contribution in [3.8, 4) is 0 Å². The molecule has 0 fully saturated rings. The van der Waals surface area contributed by atoms with E-state index in [0.717, 1.165) is 31.2 Å². The van der Waals surface area contributed by atoms with Gasteiger partial charge in [0.1, 0.15) is 0 Å². The first kappa shape index (κ1) is 17.1. The van der Waals surface area contributed by atoms with Crippen LogP contribution in [0.3, 0.4) is 0 Å². The van der Waals surface area contributed by atoms with Crippen molar-refractivity contribution < 1.29 is 9.90 Å². The molecule has 0 bridgehead atoms. The van der Waals surface area contributed by atoms with Crippen molar-refractivity contribution in [2.45, 2.75) is 83.5 Å². The molecule has 1 atom stereocenters. The second-order valence-corrected chi connectivity index (χ2v) is 8.11. The molecule has 122 valence electrons. The van der Waals surface area contributed by atoms with Crippen LogP contribution in [0.5, 0.6) is 0 Å². The fourth-order valence-electron chi connectivity index (χ4n) is 3.66. The number of carbonyl (C=O) groups is 1. The summed E-state index contributed by atoms with van der Waals surface area (Å²) in [5.74, 6) is -1.06. The van der Waals surface area contributed by atoms with Crippen molar-refractivity contribution in [2.75, 3.05) is 0 Å². The maximum Gasteiger partial charge on any atom is 0.310 e. The molecule has 1 N–H and O–H groups in total. The maximum absolute atomic E-state index is 11.7.